The molecule has 0 aromatic carbocycles. The van der Waals surface area contributed by atoms with Gasteiger partial charge in [0.2, 0.25) is 0 Å². The van der Waals surface area contributed by atoms with Crippen LogP contribution in [-0.4, -0.2) is 0 Å². The van der Waals surface area contributed by atoms with Crippen LogP contribution in [0.4, 0.5) is 0 Å². The van der Waals surface area contributed by atoms with Gasteiger partial charge in [0.05, 0.1) is 0 Å². The average molecular weight is 190 g/mol. The molecule has 14 heavy (non-hydrogen) atoms. The first-order valence-electron chi connectivity index (χ1n) is 5.76. The van der Waals surface area contributed by atoms with Gasteiger partial charge in [-0.05, 0) is 35.2 Å². The monoisotopic (exact) mass is 190 g/mol. The first-order valence-corrected chi connectivity index (χ1v) is 5.76. The second kappa shape index (κ2) is 2.74. The zero-order chi connectivity index (χ0) is 10.6. The van der Waals surface area contributed by atoms with Crippen LogP contribution in [0.1, 0.15) is 47.5 Å². The molecule has 0 nitrogen and oxygen atoms in total. The summed E-state index contributed by atoms with van der Waals surface area (Å²) in [4.78, 5) is 0. The normalized spacial score (nSPS) is 36.8. The van der Waals surface area contributed by atoms with Crippen molar-refractivity contribution in [3.05, 3.63) is 23.3 Å². The zero-order valence-electron chi connectivity index (χ0n) is 10.1. The van der Waals surface area contributed by atoms with Gasteiger partial charge < -0.3 is 0 Å². The van der Waals surface area contributed by atoms with Crippen LogP contribution in [0.25, 0.3) is 0 Å². The highest BCUT2D eigenvalue weighted by Crippen LogP contribution is 2.58. The van der Waals surface area contributed by atoms with E-state index in [2.05, 4.69) is 46.8 Å². The van der Waals surface area contributed by atoms with E-state index >= 15 is 0 Å². The molecule has 0 aliphatic heterocycles. The van der Waals surface area contributed by atoms with Crippen molar-refractivity contribution in [1.29, 1.82) is 0 Å². The molecule has 78 valence electrons. The van der Waals surface area contributed by atoms with Crippen LogP contribution in [0.2, 0.25) is 0 Å². The first kappa shape index (κ1) is 10.0. The van der Waals surface area contributed by atoms with Crippen LogP contribution in [-0.2, 0) is 0 Å². The lowest BCUT2D eigenvalue weighted by molar-refractivity contribution is 0.147. The summed E-state index contributed by atoms with van der Waals surface area (Å²) in [5.74, 6) is 0.796. The minimum absolute atomic E-state index is 0.382. The van der Waals surface area contributed by atoms with E-state index in [9.17, 15) is 0 Å². The SMILES string of the molecule is CC1CC(C)(C(C)(C)C)C2=C1CC=C2. The second-order valence-electron chi connectivity index (χ2n) is 6.23. The molecule has 0 aromatic heterocycles. The topological polar surface area (TPSA) is 0 Å². The summed E-state index contributed by atoms with van der Waals surface area (Å²) in [6.07, 6.45) is 7.27. The second-order valence-corrected chi connectivity index (χ2v) is 6.23. The summed E-state index contributed by atoms with van der Waals surface area (Å²) < 4.78 is 0. The number of rotatable bonds is 0. The van der Waals surface area contributed by atoms with Crippen LogP contribution in [0.5, 0.6) is 0 Å². The molecule has 0 amide bonds. The van der Waals surface area contributed by atoms with Gasteiger partial charge in [-0.15, -0.1) is 0 Å². The lowest BCUT2D eigenvalue weighted by Crippen LogP contribution is -2.32. The number of allylic oxidation sites excluding steroid dienone is 4. The van der Waals surface area contributed by atoms with Crippen molar-refractivity contribution >= 4 is 0 Å². The van der Waals surface area contributed by atoms with Gasteiger partial charge in [0.15, 0.2) is 0 Å². The molecule has 2 aliphatic carbocycles. The Morgan fingerprint density at radius 2 is 2.00 bits per heavy atom. The Kier molecular flexibility index (Phi) is 1.96. The molecule has 0 spiro atoms. The molecule has 2 rings (SSSR count). The van der Waals surface area contributed by atoms with Gasteiger partial charge in [-0.25, -0.2) is 0 Å². The van der Waals surface area contributed by atoms with Crippen LogP contribution in [0.3, 0.4) is 0 Å². The van der Waals surface area contributed by atoms with Gasteiger partial charge in [0.25, 0.3) is 0 Å². The van der Waals surface area contributed by atoms with Gasteiger partial charge in [0.1, 0.15) is 0 Å². The summed E-state index contributed by atoms with van der Waals surface area (Å²) in [7, 11) is 0. The molecular formula is C14H22. The molecule has 2 aliphatic rings. The van der Waals surface area contributed by atoms with Gasteiger partial charge in [-0.2, -0.15) is 0 Å². The molecule has 0 fully saturated rings. The maximum Gasteiger partial charge on any atom is -0.00215 e. The quantitative estimate of drug-likeness (QED) is 0.533. The Hall–Kier alpha value is -0.520. The fourth-order valence-electron chi connectivity index (χ4n) is 3.08. The van der Waals surface area contributed by atoms with Crippen molar-refractivity contribution in [2.24, 2.45) is 16.7 Å². The van der Waals surface area contributed by atoms with Crippen molar-refractivity contribution in [3.8, 4) is 0 Å². The lowest BCUT2D eigenvalue weighted by Gasteiger charge is -2.41. The highest BCUT2D eigenvalue weighted by atomic mass is 14.5. The average Bonchev–Trinajstić information content (AvgIpc) is 2.55. The molecule has 2 atom stereocenters. The Morgan fingerprint density at radius 3 is 2.57 bits per heavy atom. The molecule has 0 bridgehead atoms. The Morgan fingerprint density at radius 1 is 1.36 bits per heavy atom. The molecule has 0 aromatic rings. The van der Waals surface area contributed by atoms with E-state index < -0.39 is 0 Å². The molecule has 0 radical (unpaired) electrons. The van der Waals surface area contributed by atoms with Gasteiger partial charge >= 0.3 is 0 Å². The predicted molar refractivity (Wildman–Crippen MR) is 62.1 cm³/mol. The summed E-state index contributed by atoms with van der Waals surface area (Å²) in [6.45, 7) is 12.0. The Labute approximate surface area is 88.1 Å². The summed E-state index contributed by atoms with van der Waals surface area (Å²) in [5, 5.41) is 0. The molecular weight excluding hydrogens is 168 g/mol. The maximum atomic E-state index is 2.45. The van der Waals surface area contributed by atoms with Crippen molar-refractivity contribution in [3.63, 3.8) is 0 Å². The predicted octanol–water partition coefficient (Wildman–Crippen LogP) is 4.34. The smallest absolute Gasteiger partial charge is 0.00215 e. The minimum Gasteiger partial charge on any atom is -0.0801 e. The fraction of sp³-hybridized carbons (Fsp3) is 0.714. The standard InChI is InChI=1S/C14H22/c1-10-9-14(5,13(2,3)4)12-8-6-7-11(10)12/h6,8,10H,7,9H2,1-5H3. The van der Waals surface area contributed by atoms with E-state index in [1.165, 1.54) is 12.8 Å². The summed E-state index contributed by atoms with van der Waals surface area (Å²) >= 11 is 0. The minimum atomic E-state index is 0.382. The molecule has 2 unspecified atom stereocenters. The number of hydrogen-bond acceptors (Lipinski definition) is 0. The van der Waals surface area contributed by atoms with E-state index in [0.717, 1.165) is 5.92 Å². The van der Waals surface area contributed by atoms with E-state index in [-0.39, 0.29) is 0 Å². The third-order valence-corrected chi connectivity index (χ3v) is 4.53. The van der Waals surface area contributed by atoms with Gasteiger partial charge in [-0.3, -0.25) is 0 Å². The van der Waals surface area contributed by atoms with Crippen molar-refractivity contribution in [2.45, 2.75) is 47.5 Å². The Bertz CT molecular complexity index is 311. The van der Waals surface area contributed by atoms with Crippen molar-refractivity contribution in [2.75, 3.05) is 0 Å². The Balaban J connectivity index is 2.45. The van der Waals surface area contributed by atoms with E-state index in [0.29, 0.717) is 10.8 Å². The van der Waals surface area contributed by atoms with E-state index in [1.54, 1.807) is 11.1 Å². The zero-order valence-corrected chi connectivity index (χ0v) is 10.1. The largest absolute Gasteiger partial charge is 0.0801 e. The lowest BCUT2D eigenvalue weighted by atomic mass is 9.63. The van der Waals surface area contributed by atoms with E-state index in [1.807, 2.05) is 0 Å². The molecule has 0 heterocycles. The number of hydrogen-bond donors (Lipinski definition) is 0. The molecule has 0 N–H and O–H groups in total. The molecule has 0 saturated carbocycles. The van der Waals surface area contributed by atoms with Crippen molar-refractivity contribution < 1.29 is 0 Å². The maximum absolute atomic E-state index is 2.45. The summed E-state index contributed by atoms with van der Waals surface area (Å²) in [5.41, 5.74) is 4.14. The van der Waals surface area contributed by atoms with Crippen molar-refractivity contribution in [1.82, 2.24) is 0 Å². The van der Waals surface area contributed by atoms with Crippen LogP contribution < -0.4 is 0 Å². The van der Waals surface area contributed by atoms with Gasteiger partial charge in [-0.1, -0.05) is 52.3 Å². The van der Waals surface area contributed by atoms with Gasteiger partial charge in [0, 0.05) is 0 Å². The third-order valence-electron chi connectivity index (χ3n) is 4.53. The molecule has 0 saturated heterocycles. The first-order chi connectivity index (χ1) is 6.36. The molecule has 0 heteroatoms. The van der Waals surface area contributed by atoms with Crippen LogP contribution in [0, 0.1) is 16.7 Å². The van der Waals surface area contributed by atoms with Crippen LogP contribution >= 0.6 is 0 Å². The highest BCUT2D eigenvalue weighted by Gasteiger charge is 2.47. The van der Waals surface area contributed by atoms with E-state index in [4.69, 9.17) is 0 Å². The van der Waals surface area contributed by atoms with Crippen LogP contribution in [0.15, 0.2) is 23.3 Å². The summed E-state index contributed by atoms with van der Waals surface area (Å²) in [6, 6.07) is 0. The highest BCUT2D eigenvalue weighted by molar-refractivity contribution is 5.45. The fourth-order valence-corrected chi connectivity index (χ4v) is 3.08. The third kappa shape index (κ3) is 1.12.